The van der Waals surface area contributed by atoms with Gasteiger partial charge in [0.1, 0.15) is 0 Å². The van der Waals surface area contributed by atoms with E-state index in [-0.39, 0.29) is 25.0 Å². The Labute approximate surface area is 175 Å². The van der Waals surface area contributed by atoms with Crippen molar-refractivity contribution in [3.8, 4) is 0 Å². The largest absolute Gasteiger partial charge is 0.462 e. The standard InChI is InChI=1S/C22H28N2O6/c1-2-29-21(27)15-8-10-17(11-9-15)23-19(25)14-30-22(28)16-12-20(26)24(13-16)18-6-4-3-5-7-18/h8-11,16,18H,2-7,12-14H2,1H3,(H,23,25)/t16-/m1/s1. The number of ether oxygens (including phenoxy) is 2. The van der Waals surface area contributed by atoms with Gasteiger partial charge in [0.2, 0.25) is 5.91 Å². The first kappa shape index (κ1) is 21.8. The average Bonchev–Trinajstić information content (AvgIpc) is 3.15. The fraction of sp³-hybridized carbons (Fsp3) is 0.545. The molecule has 2 aliphatic rings. The van der Waals surface area contributed by atoms with E-state index in [2.05, 4.69) is 5.32 Å². The molecule has 0 unspecified atom stereocenters. The van der Waals surface area contributed by atoms with Gasteiger partial charge in [-0.1, -0.05) is 19.3 Å². The van der Waals surface area contributed by atoms with E-state index >= 15 is 0 Å². The van der Waals surface area contributed by atoms with Crippen LogP contribution in [0.5, 0.6) is 0 Å². The zero-order chi connectivity index (χ0) is 21.5. The Hall–Kier alpha value is -2.90. The third-order valence-electron chi connectivity index (χ3n) is 5.53. The molecule has 1 heterocycles. The first-order valence-electron chi connectivity index (χ1n) is 10.5. The monoisotopic (exact) mass is 416 g/mol. The summed E-state index contributed by atoms with van der Waals surface area (Å²) in [5.41, 5.74) is 0.860. The van der Waals surface area contributed by atoms with Crippen LogP contribution in [0.25, 0.3) is 0 Å². The Kier molecular flexibility index (Phi) is 7.43. The van der Waals surface area contributed by atoms with Crippen molar-refractivity contribution >= 4 is 29.4 Å². The lowest BCUT2D eigenvalue weighted by Crippen LogP contribution is -2.38. The van der Waals surface area contributed by atoms with Gasteiger partial charge in [0, 0.05) is 24.7 Å². The SMILES string of the molecule is CCOC(=O)c1ccc(NC(=O)COC(=O)[C@@H]2CC(=O)N(C3CCCCC3)C2)cc1. The van der Waals surface area contributed by atoms with Gasteiger partial charge in [-0.15, -0.1) is 0 Å². The Balaban J connectivity index is 1.43. The predicted octanol–water partition coefficient (Wildman–Crippen LogP) is 2.53. The topological polar surface area (TPSA) is 102 Å². The number of carbonyl (C=O) groups is 4. The van der Waals surface area contributed by atoms with Crippen LogP contribution in [0.15, 0.2) is 24.3 Å². The summed E-state index contributed by atoms with van der Waals surface area (Å²) < 4.78 is 10.0. The molecule has 162 valence electrons. The number of likely N-dealkylation sites (tertiary alicyclic amines) is 1. The number of nitrogens with zero attached hydrogens (tertiary/aromatic N) is 1. The van der Waals surface area contributed by atoms with Crippen molar-refractivity contribution in [2.75, 3.05) is 25.1 Å². The molecule has 0 spiro atoms. The highest BCUT2D eigenvalue weighted by Gasteiger charge is 2.39. The van der Waals surface area contributed by atoms with Crippen molar-refractivity contribution in [3.63, 3.8) is 0 Å². The maximum atomic E-state index is 12.3. The Bertz CT molecular complexity index is 785. The van der Waals surface area contributed by atoms with Crippen LogP contribution in [0.1, 0.15) is 55.8 Å². The third kappa shape index (κ3) is 5.58. The van der Waals surface area contributed by atoms with Gasteiger partial charge in [0.15, 0.2) is 6.61 Å². The molecule has 2 amide bonds. The van der Waals surface area contributed by atoms with E-state index in [0.29, 0.717) is 17.8 Å². The molecule has 1 aromatic rings. The van der Waals surface area contributed by atoms with Gasteiger partial charge in [-0.05, 0) is 44.0 Å². The maximum Gasteiger partial charge on any atom is 0.338 e. The van der Waals surface area contributed by atoms with E-state index in [1.165, 1.54) is 6.42 Å². The summed E-state index contributed by atoms with van der Waals surface area (Å²) in [6.07, 6.45) is 5.56. The molecule has 1 atom stereocenters. The van der Waals surface area contributed by atoms with Crippen LogP contribution < -0.4 is 5.32 Å². The van der Waals surface area contributed by atoms with Gasteiger partial charge >= 0.3 is 11.9 Å². The number of amides is 2. The van der Waals surface area contributed by atoms with Gasteiger partial charge in [-0.2, -0.15) is 0 Å². The van der Waals surface area contributed by atoms with Crippen molar-refractivity contribution in [2.45, 2.75) is 51.5 Å². The normalized spacial score (nSPS) is 19.4. The smallest absolute Gasteiger partial charge is 0.338 e. The van der Waals surface area contributed by atoms with E-state index in [9.17, 15) is 19.2 Å². The number of rotatable bonds is 7. The molecule has 30 heavy (non-hydrogen) atoms. The Morgan fingerprint density at radius 2 is 1.77 bits per heavy atom. The minimum Gasteiger partial charge on any atom is -0.462 e. The lowest BCUT2D eigenvalue weighted by molar-refractivity contribution is -0.151. The van der Waals surface area contributed by atoms with Crippen molar-refractivity contribution < 1.29 is 28.7 Å². The molecule has 0 radical (unpaired) electrons. The molecular formula is C22H28N2O6. The van der Waals surface area contributed by atoms with E-state index < -0.39 is 30.4 Å². The van der Waals surface area contributed by atoms with Gasteiger partial charge in [-0.25, -0.2) is 4.79 Å². The van der Waals surface area contributed by atoms with Crippen LogP contribution in [0.2, 0.25) is 0 Å². The molecule has 1 aromatic carbocycles. The van der Waals surface area contributed by atoms with Crippen LogP contribution in [0, 0.1) is 5.92 Å². The summed E-state index contributed by atoms with van der Waals surface area (Å²) in [6, 6.07) is 6.46. The van der Waals surface area contributed by atoms with Gasteiger partial charge in [0.25, 0.3) is 5.91 Å². The molecule has 1 aliphatic carbocycles. The minimum atomic E-state index is -0.519. The third-order valence-corrected chi connectivity index (χ3v) is 5.53. The summed E-state index contributed by atoms with van der Waals surface area (Å²) in [5.74, 6) is -1.96. The van der Waals surface area contributed by atoms with Crippen molar-refractivity contribution in [3.05, 3.63) is 29.8 Å². The average molecular weight is 416 g/mol. The zero-order valence-corrected chi connectivity index (χ0v) is 17.2. The molecule has 3 rings (SSSR count). The van der Waals surface area contributed by atoms with Gasteiger partial charge < -0.3 is 19.7 Å². The Morgan fingerprint density at radius 1 is 1.07 bits per heavy atom. The second kappa shape index (κ2) is 10.2. The first-order chi connectivity index (χ1) is 14.5. The van der Waals surface area contributed by atoms with E-state index in [1.54, 1.807) is 31.2 Å². The lowest BCUT2D eigenvalue weighted by atomic mass is 9.94. The highest BCUT2D eigenvalue weighted by molar-refractivity contribution is 5.95. The molecular weight excluding hydrogens is 388 g/mol. The summed E-state index contributed by atoms with van der Waals surface area (Å²) >= 11 is 0. The number of hydrogen-bond donors (Lipinski definition) is 1. The fourth-order valence-electron chi connectivity index (χ4n) is 3.99. The van der Waals surface area contributed by atoms with Crippen molar-refractivity contribution in [1.29, 1.82) is 0 Å². The van der Waals surface area contributed by atoms with Gasteiger partial charge in [0.05, 0.1) is 18.1 Å². The minimum absolute atomic E-state index is 0.00464. The molecule has 1 N–H and O–H groups in total. The van der Waals surface area contributed by atoms with Crippen LogP contribution in [-0.4, -0.2) is 54.5 Å². The second-order valence-corrected chi connectivity index (χ2v) is 7.69. The molecule has 1 saturated heterocycles. The van der Waals surface area contributed by atoms with Crippen LogP contribution in [0.4, 0.5) is 5.69 Å². The van der Waals surface area contributed by atoms with Gasteiger partial charge in [-0.3, -0.25) is 14.4 Å². The quantitative estimate of drug-likeness (QED) is 0.686. The Morgan fingerprint density at radius 3 is 2.43 bits per heavy atom. The van der Waals surface area contributed by atoms with Crippen molar-refractivity contribution in [2.24, 2.45) is 5.92 Å². The first-order valence-corrected chi connectivity index (χ1v) is 10.5. The number of benzene rings is 1. The second-order valence-electron chi connectivity index (χ2n) is 7.69. The molecule has 2 fully saturated rings. The molecule has 0 aromatic heterocycles. The molecule has 8 heteroatoms. The number of anilines is 1. The summed E-state index contributed by atoms with van der Waals surface area (Å²) in [6.45, 7) is 1.96. The predicted molar refractivity (Wildman–Crippen MR) is 109 cm³/mol. The highest BCUT2D eigenvalue weighted by atomic mass is 16.5. The van der Waals surface area contributed by atoms with Crippen LogP contribution >= 0.6 is 0 Å². The van der Waals surface area contributed by atoms with Crippen LogP contribution in [0.3, 0.4) is 0 Å². The fourth-order valence-corrected chi connectivity index (χ4v) is 3.99. The molecule has 0 bridgehead atoms. The number of esters is 2. The van der Waals surface area contributed by atoms with E-state index in [4.69, 9.17) is 9.47 Å². The number of nitrogens with one attached hydrogen (secondary N) is 1. The van der Waals surface area contributed by atoms with E-state index in [1.807, 2.05) is 4.90 Å². The summed E-state index contributed by atoms with van der Waals surface area (Å²) in [7, 11) is 0. The summed E-state index contributed by atoms with van der Waals surface area (Å²) in [4.78, 5) is 50.1. The number of carbonyl (C=O) groups excluding carboxylic acids is 4. The molecule has 1 saturated carbocycles. The summed E-state index contributed by atoms with van der Waals surface area (Å²) in [5, 5.41) is 2.61. The lowest BCUT2D eigenvalue weighted by Gasteiger charge is -2.31. The molecule has 1 aliphatic heterocycles. The maximum absolute atomic E-state index is 12.3. The van der Waals surface area contributed by atoms with E-state index in [0.717, 1.165) is 25.7 Å². The van der Waals surface area contributed by atoms with Crippen LogP contribution in [-0.2, 0) is 23.9 Å². The van der Waals surface area contributed by atoms with Crippen molar-refractivity contribution in [1.82, 2.24) is 4.90 Å². The highest BCUT2D eigenvalue weighted by Crippen LogP contribution is 2.29. The molecule has 8 nitrogen and oxygen atoms in total. The number of hydrogen-bond acceptors (Lipinski definition) is 6. The zero-order valence-electron chi connectivity index (χ0n) is 17.2.